The van der Waals surface area contributed by atoms with E-state index in [4.69, 9.17) is 0 Å². The van der Waals surface area contributed by atoms with Crippen molar-refractivity contribution in [2.75, 3.05) is 6.54 Å². The van der Waals surface area contributed by atoms with Crippen molar-refractivity contribution in [3.63, 3.8) is 0 Å². The second kappa shape index (κ2) is 5.50. The Morgan fingerprint density at radius 3 is 2.60 bits per heavy atom. The van der Waals surface area contributed by atoms with Gasteiger partial charge in [0.1, 0.15) is 0 Å². The molecule has 0 aromatic carbocycles. The highest BCUT2D eigenvalue weighted by Gasteiger charge is 2.32. The molecule has 0 bridgehead atoms. The summed E-state index contributed by atoms with van der Waals surface area (Å²) in [7, 11) is 0. The van der Waals surface area contributed by atoms with E-state index < -0.39 is 0 Å². The zero-order valence-corrected chi connectivity index (χ0v) is 10.4. The predicted molar refractivity (Wildman–Crippen MR) is 62.5 cm³/mol. The van der Waals surface area contributed by atoms with E-state index in [0.717, 1.165) is 18.8 Å². The lowest BCUT2D eigenvalue weighted by molar-refractivity contribution is -0.130. The second-order valence-corrected chi connectivity index (χ2v) is 4.93. The van der Waals surface area contributed by atoms with Crippen LogP contribution in [0, 0.1) is 5.92 Å². The fourth-order valence-electron chi connectivity index (χ4n) is 2.18. The van der Waals surface area contributed by atoms with Crippen LogP contribution in [-0.2, 0) is 4.79 Å². The maximum Gasteiger partial charge on any atom is 0.238 e. The quantitative estimate of drug-likeness (QED) is 0.755. The molecule has 0 aromatic heterocycles. The van der Waals surface area contributed by atoms with Crippen molar-refractivity contribution in [3.05, 3.63) is 0 Å². The van der Waals surface area contributed by atoms with E-state index in [2.05, 4.69) is 33.0 Å². The molecule has 2 unspecified atom stereocenters. The van der Waals surface area contributed by atoms with Gasteiger partial charge in [0.2, 0.25) is 5.91 Å². The summed E-state index contributed by atoms with van der Waals surface area (Å²) in [5, 5.41) is 3.25. The average molecular weight is 212 g/mol. The molecule has 0 aliphatic carbocycles. The minimum Gasteiger partial charge on any atom is -0.323 e. The molecule has 1 heterocycles. The SMILES string of the molecule is CCC1NCC(=O)N1C(C)CCC(C)C. The lowest BCUT2D eigenvalue weighted by Crippen LogP contribution is -2.43. The highest BCUT2D eigenvalue weighted by Crippen LogP contribution is 2.18. The molecule has 88 valence electrons. The van der Waals surface area contributed by atoms with Crippen LogP contribution in [0.3, 0.4) is 0 Å². The molecule has 1 aliphatic rings. The number of amides is 1. The lowest BCUT2D eigenvalue weighted by Gasteiger charge is -2.30. The zero-order chi connectivity index (χ0) is 11.4. The molecule has 0 aromatic rings. The van der Waals surface area contributed by atoms with Crippen LogP contribution in [0.4, 0.5) is 0 Å². The van der Waals surface area contributed by atoms with E-state index in [1.54, 1.807) is 0 Å². The highest BCUT2D eigenvalue weighted by molar-refractivity contribution is 5.80. The van der Waals surface area contributed by atoms with E-state index in [-0.39, 0.29) is 12.1 Å². The molecule has 0 radical (unpaired) electrons. The monoisotopic (exact) mass is 212 g/mol. The molecule has 15 heavy (non-hydrogen) atoms. The number of rotatable bonds is 5. The van der Waals surface area contributed by atoms with Gasteiger partial charge in [-0.15, -0.1) is 0 Å². The Bertz CT molecular complexity index is 216. The van der Waals surface area contributed by atoms with Gasteiger partial charge in [0, 0.05) is 6.04 Å². The van der Waals surface area contributed by atoms with Crippen molar-refractivity contribution in [2.45, 2.75) is 59.2 Å². The minimum atomic E-state index is 0.262. The van der Waals surface area contributed by atoms with E-state index in [1.807, 2.05) is 4.90 Å². The third-order valence-corrected chi connectivity index (χ3v) is 3.14. The molecule has 3 nitrogen and oxygen atoms in total. The molecule has 1 fully saturated rings. The Morgan fingerprint density at radius 2 is 2.07 bits per heavy atom. The van der Waals surface area contributed by atoms with Crippen molar-refractivity contribution in [2.24, 2.45) is 5.92 Å². The first-order valence-corrected chi connectivity index (χ1v) is 6.10. The molecule has 0 spiro atoms. The molecule has 3 heteroatoms. The van der Waals surface area contributed by atoms with Gasteiger partial charge in [-0.1, -0.05) is 20.8 Å². The number of carbonyl (C=O) groups is 1. The van der Waals surface area contributed by atoms with Crippen LogP contribution in [0.1, 0.15) is 47.0 Å². The van der Waals surface area contributed by atoms with Crippen molar-refractivity contribution < 1.29 is 4.79 Å². The van der Waals surface area contributed by atoms with Crippen LogP contribution in [-0.4, -0.2) is 29.6 Å². The number of nitrogens with one attached hydrogen (secondary N) is 1. The number of nitrogens with zero attached hydrogens (tertiary/aromatic N) is 1. The van der Waals surface area contributed by atoms with E-state index in [9.17, 15) is 4.79 Å². The Hall–Kier alpha value is -0.570. The standard InChI is InChI=1S/C12H24N2O/c1-5-11-13-8-12(15)14(11)10(4)7-6-9(2)3/h9-11,13H,5-8H2,1-4H3. The Morgan fingerprint density at radius 1 is 1.40 bits per heavy atom. The highest BCUT2D eigenvalue weighted by atomic mass is 16.2. The molecule has 2 atom stereocenters. The summed E-state index contributed by atoms with van der Waals surface area (Å²) in [5.74, 6) is 0.983. The fourth-order valence-corrected chi connectivity index (χ4v) is 2.18. The van der Waals surface area contributed by atoms with E-state index in [1.165, 1.54) is 6.42 Å². The Kier molecular flexibility index (Phi) is 4.58. The molecular formula is C12H24N2O. The molecular weight excluding hydrogens is 188 g/mol. The second-order valence-electron chi connectivity index (χ2n) is 4.93. The maximum absolute atomic E-state index is 11.7. The first kappa shape index (κ1) is 12.5. The van der Waals surface area contributed by atoms with Crippen molar-refractivity contribution in [3.8, 4) is 0 Å². The topological polar surface area (TPSA) is 32.3 Å². The normalized spacial score (nSPS) is 23.9. The van der Waals surface area contributed by atoms with Gasteiger partial charge in [0.25, 0.3) is 0 Å². The zero-order valence-electron chi connectivity index (χ0n) is 10.4. The van der Waals surface area contributed by atoms with Crippen LogP contribution in [0.25, 0.3) is 0 Å². The third-order valence-electron chi connectivity index (χ3n) is 3.14. The fraction of sp³-hybridized carbons (Fsp3) is 0.917. The Labute approximate surface area is 93.2 Å². The smallest absolute Gasteiger partial charge is 0.238 e. The molecule has 0 saturated carbocycles. The van der Waals surface area contributed by atoms with Gasteiger partial charge in [-0.3, -0.25) is 10.1 Å². The van der Waals surface area contributed by atoms with E-state index >= 15 is 0 Å². The number of hydrogen-bond donors (Lipinski definition) is 1. The molecule has 1 rings (SSSR count). The largest absolute Gasteiger partial charge is 0.323 e. The first-order valence-electron chi connectivity index (χ1n) is 6.10. The van der Waals surface area contributed by atoms with Crippen LogP contribution in [0.2, 0.25) is 0 Å². The van der Waals surface area contributed by atoms with Crippen LogP contribution >= 0.6 is 0 Å². The maximum atomic E-state index is 11.7. The van der Waals surface area contributed by atoms with Gasteiger partial charge in [-0.05, 0) is 32.1 Å². The van der Waals surface area contributed by atoms with Crippen molar-refractivity contribution >= 4 is 5.91 Å². The molecule has 1 saturated heterocycles. The Balaban J connectivity index is 2.48. The summed E-state index contributed by atoms with van der Waals surface area (Å²) < 4.78 is 0. The lowest BCUT2D eigenvalue weighted by atomic mass is 10.0. The summed E-state index contributed by atoms with van der Waals surface area (Å²) in [6.45, 7) is 9.26. The predicted octanol–water partition coefficient (Wildman–Crippen LogP) is 1.98. The summed E-state index contributed by atoms with van der Waals surface area (Å²) in [4.78, 5) is 13.7. The summed E-state index contributed by atoms with van der Waals surface area (Å²) >= 11 is 0. The van der Waals surface area contributed by atoms with Crippen molar-refractivity contribution in [1.29, 1.82) is 0 Å². The van der Waals surface area contributed by atoms with Crippen LogP contribution < -0.4 is 5.32 Å². The van der Waals surface area contributed by atoms with Crippen molar-refractivity contribution in [1.82, 2.24) is 10.2 Å². The summed E-state index contributed by atoms with van der Waals surface area (Å²) in [6, 6.07) is 0.375. The number of carbonyl (C=O) groups excluding carboxylic acids is 1. The van der Waals surface area contributed by atoms with Gasteiger partial charge >= 0.3 is 0 Å². The van der Waals surface area contributed by atoms with E-state index in [0.29, 0.717) is 12.6 Å². The van der Waals surface area contributed by atoms with Gasteiger partial charge < -0.3 is 4.90 Å². The first-order chi connectivity index (χ1) is 7.06. The molecule has 1 amide bonds. The van der Waals surface area contributed by atoms with Gasteiger partial charge in [0.05, 0.1) is 12.7 Å². The van der Waals surface area contributed by atoms with Gasteiger partial charge in [-0.25, -0.2) is 0 Å². The van der Waals surface area contributed by atoms with Gasteiger partial charge in [0.15, 0.2) is 0 Å². The summed E-state index contributed by atoms with van der Waals surface area (Å²) in [5.41, 5.74) is 0. The number of hydrogen-bond acceptors (Lipinski definition) is 2. The van der Waals surface area contributed by atoms with Gasteiger partial charge in [-0.2, -0.15) is 0 Å². The molecule has 1 aliphatic heterocycles. The molecule has 1 N–H and O–H groups in total. The van der Waals surface area contributed by atoms with Crippen LogP contribution in [0.15, 0.2) is 0 Å². The summed E-state index contributed by atoms with van der Waals surface area (Å²) in [6.07, 6.45) is 3.57. The average Bonchev–Trinajstić information content (AvgIpc) is 2.56. The third kappa shape index (κ3) is 3.20. The van der Waals surface area contributed by atoms with Crippen LogP contribution in [0.5, 0.6) is 0 Å². The minimum absolute atomic E-state index is 0.262.